The molecule has 34 heavy (non-hydrogen) atoms. The van der Waals surface area contributed by atoms with Crippen molar-refractivity contribution in [3.63, 3.8) is 0 Å². The highest BCUT2D eigenvalue weighted by molar-refractivity contribution is 7.98. The van der Waals surface area contributed by atoms with E-state index in [0.717, 1.165) is 11.3 Å². The molecule has 3 aromatic rings. The molecule has 0 fully saturated rings. The highest BCUT2D eigenvalue weighted by Gasteiger charge is 2.35. The number of hydrogen-bond donors (Lipinski definition) is 1. The molecule has 0 aliphatic carbocycles. The van der Waals surface area contributed by atoms with Gasteiger partial charge in [-0.15, -0.1) is 5.10 Å². The Morgan fingerprint density at radius 3 is 2.59 bits per heavy atom. The van der Waals surface area contributed by atoms with Gasteiger partial charge in [0.15, 0.2) is 11.5 Å². The van der Waals surface area contributed by atoms with Crippen molar-refractivity contribution in [2.24, 2.45) is 0 Å². The highest BCUT2D eigenvalue weighted by Crippen LogP contribution is 2.40. The van der Waals surface area contributed by atoms with Crippen LogP contribution in [-0.4, -0.2) is 41.6 Å². The van der Waals surface area contributed by atoms with Gasteiger partial charge in [0.2, 0.25) is 11.1 Å². The number of aromatic nitrogens is 3. The van der Waals surface area contributed by atoms with E-state index in [1.165, 1.54) is 11.1 Å². The first kappa shape index (κ1) is 23.7. The second-order valence-electron chi connectivity index (χ2n) is 7.78. The molecule has 0 amide bonds. The molecule has 1 aromatic heterocycles. The van der Waals surface area contributed by atoms with Crippen LogP contribution in [0.2, 0.25) is 0 Å². The molecular weight excluding hydrogens is 452 g/mol. The number of fused-ring (bicyclic) bond motifs is 1. The number of thioether (sulfide) groups is 1. The molecule has 178 valence electrons. The molecule has 9 heteroatoms. The Labute approximate surface area is 203 Å². The average molecular weight is 481 g/mol. The summed E-state index contributed by atoms with van der Waals surface area (Å²) in [5, 5.41) is 8.62. The van der Waals surface area contributed by atoms with Crippen molar-refractivity contribution >= 4 is 23.7 Å². The topological polar surface area (TPSA) is 87.5 Å². The second kappa shape index (κ2) is 10.2. The van der Waals surface area contributed by atoms with Crippen LogP contribution in [0.4, 0.5) is 5.95 Å². The molecule has 4 rings (SSSR count). The third-order valence-corrected chi connectivity index (χ3v) is 6.56. The van der Waals surface area contributed by atoms with Crippen LogP contribution in [-0.2, 0) is 15.3 Å². The Morgan fingerprint density at radius 1 is 1.12 bits per heavy atom. The number of carbonyl (C=O) groups excluding carboxylic acids is 1. The molecule has 1 atom stereocenters. The summed E-state index contributed by atoms with van der Waals surface area (Å²) in [6.45, 7) is 6.00. The molecule has 0 unspecified atom stereocenters. The van der Waals surface area contributed by atoms with Gasteiger partial charge in [-0.2, -0.15) is 4.98 Å². The zero-order valence-corrected chi connectivity index (χ0v) is 20.7. The highest BCUT2D eigenvalue weighted by atomic mass is 32.2. The molecule has 2 aromatic carbocycles. The van der Waals surface area contributed by atoms with Gasteiger partial charge in [0.25, 0.3) is 0 Å². The molecule has 2 heterocycles. The quantitative estimate of drug-likeness (QED) is 0.365. The summed E-state index contributed by atoms with van der Waals surface area (Å²) in [7, 11) is 3.17. The van der Waals surface area contributed by atoms with Gasteiger partial charge in [0.05, 0.1) is 26.4 Å². The van der Waals surface area contributed by atoms with E-state index in [1.54, 1.807) is 37.6 Å². The van der Waals surface area contributed by atoms with Crippen LogP contribution < -0.4 is 14.8 Å². The Hall–Kier alpha value is -3.46. The molecule has 0 bridgehead atoms. The van der Waals surface area contributed by atoms with Crippen molar-refractivity contribution in [3.8, 4) is 11.5 Å². The first-order valence-electron chi connectivity index (χ1n) is 11.0. The summed E-state index contributed by atoms with van der Waals surface area (Å²) in [6.07, 6.45) is 0. The summed E-state index contributed by atoms with van der Waals surface area (Å²) < 4.78 is 18.0. The Morgan fingerprint density at radius 2 is 1.88 bits per heavy atom. The number of carbonyl (C=O) groups is 1. The first-order valence-corrected chi connectivity index (χ1v) is 12.0. The smallest absolute Gasteiger partial charge is 0.338 e. The van der Waals surface area contributed by atoms with Crippen LogP contribution in [0.5, 0.6) is 11.5 Å². The van der Waals surface area contributed by atoms with E-state index >= 15 is 0 Å². The van der Waals surface area contributed by atoms with E-state index in [2.05, 4.69) is 24.4 Å². The fraction of sp³-hybridized carbons (Fsp3) is 0.320. The van der Waals surface area contributed by atoms with Crippen molar-refractivity contribution < 1.29 is 19.0 Å². The normalized spacial score (nSPS) is 14.9. The zero-order chi connectivity index (χ0) is 24.2. The van der Waals surface area contributed by atoms with Gasteiger partial charge >= 0.3 is 5.97 Å². The average Bonchev–Trinajstić information content (AvgIpc) is 3.24. The molecule has 0 spiro atoms. The lowest BCUT2D eigenvalue weighted by Crippen LogP contribution is -2.29. The number of allylic oxidation sites excluding steroid dienone is 1. The number of anilines is 1. The monoisotopic (exact) mass is 480 g/mol. The van der Waals surface area contributed by atoms with Gasteiger partial charge in [0.1, 0.15) is 6.04 Å². The number of hydrogen-bond acceptors (Lipinski definition) is 8. The lowest BCUT2D eigenvalue weighted by Gasteiger charge is -2.28. The molecule has 0 saturated carbocycles. The van der Waals surface area contributed by atoms with Crippen LogP contribution in [0.3, 0.4) is 0 Å². The maximum Gasteiger partial charge on any atom is 0.338 e. The maximum atomic E-state index is 13.0. The molecule has 0 radical (unpaired) electrons. The minimum absolute atomic E-state index is 0.274. The SMILES string of the molecule is CCOC(=O)C1=C(C)Nc2nc(SCc3ccccc3C)nn2[C@@H]1c1ccc(OC)c(OC)c1. The van der Waals surface area contributed by atoms with E-state index in [1.807, 2.05) is 37.3 Å². The van der Waals surface area contributed by atoms with E-state index < -0.39 is 12.0 Å². The van der Waals surface area contributed by atoms with E-state index in [9.17, 15) is 4.79 Å². The standard InChI is InChI=1S/C25H28N4O4S/c1-6-33-23(30)21-16(3)26-24-27-25(34-14-18-10-8-7-9-15(18)2)28-29(24)22(21)17-11-12-19(31-4)20(13-17)32-5/h7-13,22H,6,14H2,1-5H3,(H,26,27,28)/t22-/m1/s1. The van der Waals surface area contributed by atoms with Crippen molar-refractivity contribution in [1.82, 2.24) is 14.8 Å². The lowest BCUT2D eigenvalue weighted by atomic mass is 9.95. The number of ether oxygens (including phenoxy) is 3. The summed E-state index contributed by atoms with van der Waals surface area (Å²) in [6, 6.07) is 13.3. The predicted octanol–water partition coefficient (Wildman–Crippen LogP) is 4.75. The van der Waals surface area contributed by atoms with E-state index in [0.29, 0.717) is 33.9 Å². The predicted molar refractivity (Wildman–Crippen MR) is 131 cm³/mol. The summed E-state index contributed by atoms with van der Waals surface area (Å²) in [5.41, 5.74) is 4.41. The van der Waals surface area contributed by atoms with Crippen LogP contribution in [0.25, 0.3) is 0 Å². The minimum atomic E-state index is -0.532. The molecule has 0 saturated heterocycles. The number of rotatable bonds is 8. The summed E-state index contributed by atoms with van der Waals surface area (Å²) in [5.74, 6) is 2.08. The largest absolute Gasteiger partial charge is 0.493 e. The number of benzene rings is 2. The lowest BCUT2D eigenvalue weighted by molar-refractivity contribution is -0.139. The van der Waals surface area contributed by atoms with E-state index in [-0.39, 0.29) is 6.61 Å². The fourth-order valence-electron chi connectivity index (χ4n) is 3.91. The van der Waals surface area contributed by atoms with Crippen LogP contribution in [0.15, 0.2) is 58.9 Å². The van der Waals surface area contributed by atoms with Gasteiger partial charge in [-0.3, -0.25) is 0 Å². The van der Waals surface area contributed by atoms with Crippen molar-refractivity contribution in [2.75, 3.05) is 26.1 Å². The van der Waals surface area contributed by atoms with Gasteiger partial charge in [-0.05, 0) is 49.6 Å². The van der Waals surface area contributed by atoms with Gasteiger partial charge in [-0.25, -0.2) is 9.48 Å². The number of aryl methyl sites for hydroxylation is 1. The van der Waals surface area contributed by atoms with Gasteiger partial charge in [-0.1, -0.05) is 42.1 Å². The second-order valence-corrected chi connectivity index (χ2v) is 8.72. The van der Waals surface area contributed by atoms with Crippen LogP contribution in [0.1, 0.15) is 36.6 Å². The number of methoxy groups -OCH3 is 2. The van der Waals surface area contributed by atoms with Crippen LogP contribution in [0, 0.1) is 6.92 Å². The molecule has 1 N–H and O–H groups in total. The fourth-order valence-corrected chi connectivity index (χ4v) is 4.82. The number of nitrogens with zero attached hydrogens (tertiary/aromatic N) is 3. The van der Waals surface area contributed by atoms with E-state index in [4.69, 9.17) is 24.3 Å². The van der Waals surface area contributed by atoms with Crippen molar-refractivity contribution in [2.45, 2.75) is 37.7 Å². The minimum Gasteiger partial charge on any atom is -0.493 e. The Balaban J connectivity index is 1.74. The van der Waals surface area contributed by atoms with Crippen molar-refractivity contribution in [3.05, 3.63) is 70.4 Å². The van der Waals surface area contributed by atoms with Crippen LogP contribution >= 0.6 is 11.8 Å². The molecule has 1 aliphatic heterocycles. The maximum absolute atomic E-state index is 13.0. The molecular formula is C25H28N4O4S. The van der Waals surface area contributed by atoms with Gasteiger partial charge < -0.3 is 19.5 Å². The molecule has 1 aliphatic rings. The zero-order valence-electron chi connectivity index (χ0n) is 19.9. The number of nitrogens with one attached hydrogen (secondary N) is 1. The Bertz CT molecular complexity index is 1240. The Kier molecular flexibility index (Phi) is 7.12. The van der Waals surface area contributed by atoms with Gasteiger partial charge in [0, 0.05) is 11.4 Å². The third kappa shape index (κ3) is 4.61. The first-order chi connectivity index (χ1) is 16.5. The summed E-state index contributed by atoms with van der Waals surface area (Å²) >= 11 is 1.55. The molecule has 8 nitrogen and oxygen atoms in total. The summed E-state index contributed by atoms with van der Waals surface area (Å²) in [4.78, 5) is 17.7. The van der Waals surface area contributed by atoms with Crippen molar-refractivity contribution in [1.29, 1.82) is 0 Å². The third-order valence-electron chi connectivity index (χ3n) is 5.67. The number of esters is 1.